The second-order valence-electron chi connectivity index (χ2n) is 3.67. The van der Waals surface area contributed by atoms with Crippen LogP contribution in [-0.2, 0) is 4.79 Å². The Hall–Kier alpha value is -2.04. The Morgan fingerprint density at radius 3 is 2.53 bits per heavy atom. The van der Waals surface area contributed by atoms with E-state index in [-0.39, 0.29) is 11.3 Å². The smallest absolute Gasteiger partial charge is 0.326 e. The number of aromatic hydroxyl groups is 1. The van der Waals surface area contributed by atoms with E-state index in [4.69, 9.17) is 5.11 Å². The largest absolute Gasteiger partial charge is 0.507 e. The minimum absolute atomic E-state index is 0.0786. The zero-order valence-electron chi connectivity index (χ0n) is 9.51. The summed E-state index contributed by atoms with van der Waals surface area (Å²) in [6.45, 7) is 1.84. The third-order valence-electron chi connectivity index (χ3n) is 2.33. The lowest BCUT2D eigenvalue weighted by molar-refractivity contribution is -0.139. The monoisotopic (exact) mass is 237 g/mol. The highest BCUT2D eigenvalue weighted by Gasteiger charge is 2.20. The molecule has 0 radical (unpaired) electrons. The van der Waals surface area contributed by atoms with Crippen molar-refractivity contribution in [3.8, 4) is 5.75 Å². The van der Waals surface area contributed by atoms with E-state index in [1.54, 1.807) is 12.1 Å². The first-order valence-corrected chi connectivity index (χ1v) is 5.38. The predicted octanol–water partition coefficient (Wildman–Crippen LogP) is 1.38. The average Bonchev–Trinajstić information content (AvgIpc) is 2.28. The summed E-state index contributed by atoms with van der Waals surface area (Å²) in [5.41, 5.74) is 0.0786. The highest BCUT2D eigenvalue weighted by Crippen LogP contribution is 2.15. The van der Waals surface area contributed by atoms with E-state index >= 15 is 0 Å². The van der Waals surface area contributed by atoms with Gasteiger partial charge < -0.3 is 15.5 Å². The summed E-state index contributed by atoms with van der Waals surface area (Å²) in [6, 6.07) is 5.09. The summed E-state index contributed by atoms with van der Waals surface area (Å²) in [5, 5.41) is 20.7. The fourth-order valence-corrected chi connectivity index (χ4v) is 1.45. The van der Waals surface area contributed by atoms with Crippen molar-refractivity contribution < 1.29 is 19.8 Å². The number of rotatable bonds is 5. The average molecular weight is 237 g/mol. The topological polar surface area (TPSA) is 86.6 Å². The van der Waals surface area contributed by atoms with Gasteiger partial charge in [0.05, 0.1) is 5.56 Å². The van der Waals surface area contributed by atoms with Crippen molar-refractivity contribution in [2.24, 2.45) is 0 Å². The van der Waals surface area contributed by atoms with Gasteiger partial charge in [0.2, 0.25) is 0 Å². The van der Waals surface area contributed by atoms with E-state index in [1.165, 1.54) is 12.1 Å². The summed E-state index contributed by atoms with van der Waals surface area (Å²) >= 11 is 0. The Morgan fingerprint density at radius 2 is 2.00 bits per heavy atom. The number of carboxylic acid groups (broad SMARTS) is 1. The molecule has 0 saturated heterocycles. The van der Waals surface area contributed by atoms with E-state index in [0.29, 0.717) is 12.8 Å². The Kier molecular flexibility index (Phi) is 4.51. The van der Waals surface area contributed by atoms with Crippen LogP contribution in [0.25, 0.3) is 0 Å². The third-order valence-corrected chi connectivity index (χ3v) is 2.33. The maximum absolute atomic E-state index is 11.7. The van der Waals surface area contributed by atoms with Crippen LogP contribution in [0.5, 0.6) is 5.75 Å². The van der Waals surface area contributed by atoms with Crippen LogP contribution in [0.3, 0.4) is 0 Å². The number of benzene rings is 1. The van der Waals surface area contributed by atoms with Gasteiger partial charge in [-0.15, -0.1) is 0 Å². The van der Waals surface area contributed by atoms with Crippen molar-refractivity contribution in [3.05, 3.63) is 29.8 Å². The van der Waals surface area contributed by atoms with Crippen molar-refractivity contribution in [2.75, 3.05) is 0 Å². The second kappa shape index (κ2) is 5.89. The number of carboxylic acids is 1. The molecule has 0 heterocycles. The molecule has 3 N–H and O–H groups in total. The molecular formula is C12H15NO4. The molecule has 1 aromatic carbocycles. The van der Waals surface area contributed by atoms with E-state index in [2.05, 4.69) is 5.32 Å². The first-order valence-electron chi connectivity index (χ1n) is 5.38. The molecule has 1 aromatic rings. The number of phenolic OH excluding ortho intramolecular Hbond substituents is 1. The number of para-hydroxylation sites is 1. The van der Waals surface area contributed by atoms with E-state index < -0.39 is 17.9 Å². The zero-order valence-corrected chi connectivity index (χ0v) is 9.51. The van der Waals surface area contributed by atoms with Gasteiger partial charge in [0.15, 0.2) is 0 Å². The van der Waals surface area contributed by atoms with Gasteiger partial charge in [-0.2, -0.15) is 0 Å². The molecule has 0 unspecified atom stereocenters. The maximum Gasteiger partial charge on any atom is 0.326 e. The molecule has 0 fully saturated rings. The van der Waals surface area contributed by atoms with Crippen LogP contribution in [0.4, 0.5) is 0 Å². The molecule has 0 saturated carbocycles. The lowest BCUT2D eigenvalue weighted by atomic mass is 10.1. The number of hydrogen-bond acceptors (Lipinski definition) is 3. The molecular weight excluding hydrogens is 222 g/mol. The van der Waals surface area contributed by atoms with Crippen LogP contribution in [-0.4, -0.2) is 28.1 Å². The number of carbonyl (C=O) groups excluding carboxylic acids is 1. The molecule has 0 aliphatic heterocycles. The van der Waals surface area contributed by atoms with Gasteiger partial charge in [0.1, 0.15) is 11.8 Å². The molecule has 0 aliphatic rings. The van der Waals surface area contributed by atoms with Crippen LogP contribution < -0.4 is 5.32 Å². The highest BCUT2D eigenvalue weighted by atomic mass is 16.4. The van der Waals surface area contributed by atoms with Crippen LogP contribution >= 0.6 is 0 Å². The Balaban J connectivity index is 2.77. The first-order chi connectivity index (χ1) is 8.06. The fraction of sp³-hybridized carbons (Fsp3) is 0.333. The van der Waals surface area contributed by atoms with Gasteiger partial charge in [0.25, 0.3) is 5.91 Å². The number of hydrogen-bond donors (Lipinski definition) is 3. The van der Waals surface area contributed by atoms with Crippen LogP contribution in [0, 0.1) is 0 Å². The van der Waals surface area contributed by atoms with Crippen LogP contribution in [0.2, 0.25) is 0 Å². The van der Waals surface area contributed by atoms with Crippen molar-refractivity contribution in [1.82, 2.24) is 5.32 Å². The van der Waals surface area contributed by atoms with Crippen LogP contribution in [0.1, 0.15) is 30.1 Å². The minimum Gasteiger partial charge on any atom is -0.507 e. The number of amides is 1. The maximum atomic E-state index is 11.7. The summed E-state index contributed by atoms with van der Waals surface area (Å²) in [4.78, 5) is 22.6. The third kappa shape index (κ3) is 3.48. The normalized spacial score (nSPS) is 11.8. The van der Waals surface area contributed by atoms with E-state index in [9.17, 15) is 14.7 Å². The molecule has 17 heavy (non-hydrogen) atoms. The minimum atomic E-state index is -1.07. The quantitative estimate of drug-likeness (QED) is 0.722. The number of carbonyl (C=O) groups is 2. The van der Waals surface area contributed by atoms with Crippen molar-refractivity contribution in [2.45, 2.75) is 25.8 Å². The van der Waals surface area contributed by atoms with Gasteiger partial charge in [0, 0.05) is 0 Å². The molecule has 92 valence electrons. The highest BCUT2D eigenvalue weighted by molar-refractivity contribution is 5.98. The number of phenols is 1. The second-order valence-corrected chi connectivity index (χ2v) is 3.67. The molecule has 5 heteroatoms. The first kappa shape index (κ1) is 13.0. The standard InChI is InChI=1S/C12H15NO4/c1-2-5-9(12(16)17)13-11(15)8-6-3-4-7-10(8)14/h3-4,6-7,9,14H,2,5H2,1H3,(H,13,15)(H,16,17)/t9-/m0/s1. The zero-order chi connectivity index (χ0) is 12.8. The molecule has 1 amide bonds. The van der Waals surface area contributed by atoms with E-state index in [0.717, 1.165) is 0 Å². The molecule has 0 aliphatic carbocycles. The molecule has 0 bridgehead atoms. The lowest BCUT2D eigenvalue weighted by Gasteiger charge is -2.13. The Bertz CT molecular complexity index is 417. The molecule has 1 atom stereocenters. The van der Waals surface area contributed by atoms with Gasteiger partial charge in [-0.3, -0.25) is 4.79 Å². The summed E-state index contributed by atoms with van der Waals surface area (Å²) in [6.07, 6.45) is 1.01. The lowest BCUT2D eigenvalue weighted by Crippen LogP contribution is -2.40. The summed E-state index contributed by atoms with van der Waals surface area (Å²) in [7, 11) is 0. The van der Waals surface area contributed by atoms with Crippen LogP contribution in [0.15, 0.2) is 24.3 Å². The van der Waals surface area contributed by atoms with Gasteiger partial charge in [-0.05, 0) is 18.6 Å². The van der Waals surface area contributed by atoms with E-state index in [1.807, 2.05) is 6.92 Å². The number of aliphatic carboxylic acids is 1. The SMILES string of the molecule is CCC[C@H](NC(=O)c1ccccc1O)C(=O)O. The Labute approximate surface area is 99.1 Å². The van der Waals surface area contributed by atoms with Crippen molar-refractivity contribution in [3.63, 3.8) is 0 Å². The molecule has 0 spiro atoms. The van der Waals surface area contributed by atoms with Crippen molar-refractivity contribution in [1.29, 1.82) is 0 Å². The summed E-state index contributed by atoms with van der Waals surface area (Å²) < 4.78 is 0. The molecule has 5 nitrogen and oxygen atoms in total. The van der Waals surface area contributed by atoms with Crippen molar-refractivity contribution >= 4 is 11.9 Å². The molecule has 0 aromatic heterocycles. The number of nitrogens with one attached hydrogen (secondary N) is 1. The Morgan fingerprint density at radius 1 is 1.35 bits per heavy atom. The predicted molar refractivity (Wildman–Crippen MR) is 61.9 cm³/mol. The fourth-order valence-electron chi connectivity index (χ4n) is 1.45. The van der Waals surface area contributed by atoms with Gasteiger partial charge in [-0.25, -0.2) is 4.79 Å². The molecule has 1 rings (SSSR count). The summed E-state index contributed by atoms with van der Waals surface area (Å²) in [5.74, 6) is -1.81. The van der Waals surface area contributed by atoms with Gasteiger partial charge in [-0.1, -0.05) is 25.5 Å². The van der Waals surface area contributed by atoms with Gasteiger partial charge >= 0.3 is 5.97 Å².